The van der Waals surface area contributed by atoms with Gasteiger partial charge in [0.25, 0.3) is 0 Å². The molecule has 54 valence electrons. The van der Waals surface area contributed by atoms with E-state index in [4.69, 9.17) is 0 Å². The zero-order chi connectivity index (χ0) is 7.56. The van der Waals surface area contributed by atoms with Crippen molar-refractivity contribution in [3.05, 3.63) is 36.5 Å². The van der Waals surface area contributed by atoms with Gasteiger partial charge in [0.2, 0.25) is 0 Å². The average molecular weight is 136 g/mol. The van der Waals surface area contributed by atoms with Gasteiger partial charge in [-0.3, -0.25) is 0 Å². The molecule has 10 heavy (non-hydrogen) atoms. The molecule has 0 heterocycles. The third-order valence-corrected chi connectivity index (χ3v) is 1.82. The van der Waals surface area contributed by atoms with Crippen LogP contribution in [-0.4, -0.2) is 11.2 Å². The molecule has 0 radical (unpaired) electrons. The van der Waals surface area contributed by atoms with Gasteiger partial charge in [0.15, 0.2) is 0 Å². The average Bonchev–Trinajstić information content (AvgIpc) is 2.30. The van der Waals surface area contributed by atoms with Crippen LogP contribution in [0.3, 0.4) is 0 Å². The predicted molar refractivity (Wildman–Crippen MR) is 42.7 cm³/mol. The van der Waals surface area contributed by atoms with Gasteiger partial charge in [-0.15, -0.1) is 0 Å². The topological polar surface area (TPSA) is 20.2 Å². The Kier molecular flexibility index (Phi) is 2.07. The van der Waals surface area contributed by atoms with Gasteiger partial charge < -0.3 is 5.11 Å². The van der Waals surface area contributed by atoms with Gasteiger partial charge in [0.1, 0.15) is 0 Å². The summed E-state index contributed by atoms with van der Waals surface area (Å²) < 4.78 is 0. The molecular formula is C9H12O. The Morgan fingerprint density at radius 1 is 1.20 bits per heavy atom. The number of aliphatic hydroxyl groups is 1. The van der Waals surface area contributed by atoms with Crippen LogP contribution in [0.1, 0.15) is 12.8 Å². The van der Waals surface area contributed by atoms with Crippen molar-refractivity contribution >= 4 is 0 Å². The maximum atomic E-state index is 9.20. The number of allylic oxidation sites excluding steroid dienone is 2. The Bertz CT molecular complexity index is 169. The van der Waals surface area contributed by atoms with Crippen molar-refractivity contribution in [2.24, 2.45) is 0 Å². The third kappa shape index (κ3) is 1.19. The van der Waals surface area contributed by atoms with E-state index in [2.05, 4.69) is 13.2 Å². The normalized spacial score (nSPS) is 19.7. The lowest BCUT2D eigenvalue weighted by Crippen LogP contribution is -1.98. The van der Waals surface area contributed by atoms with Crippen molar-refractivity contribution in [2.45, 2.75) is 18.9 Å². The minimum Gasteiger partial charge on any atom is -0.392 e. The van der Waals surface area contributed by atoms with Crippen molar-refractivity contribution in [2.75, 3.05) is 0 Å². The summed E-state index contributed by atoms with van der Waals surface area (Å²) >= 11 is 0. The van der Waals surface area contributed by atoms with E-state index in [0.717, 1.165) is 24.0 Å². The van der Waals surface area contributed by atoms with E-state index >= 15 is 0 Å². The summed E-state index contributed by atoms with van der Waals surface area (Å²) in [6.45, 7) is 7.32. The third-order valence-electron chi connectivity index (χ3n) is 1.82. The lowest BCUT2D eigenvalue weighted by atomic mass is 10.1. The maximum Gasteiger partial charge on any atom is 0.0621 e. The second-order valence-electron chi connectivity index (χ2n) is 2.52. The molecule has 1 heteroatoms. The summed E-state index contributed by atoms with van der Waals surface area (Å²) in [4.78, 5) is 0. The molecule has 0 fully saturated rings. The minimum absolute atomic E-state index is 0.207. The first kappa shape index (κ1) is 7.29. The molecule has 1 nitrogen and oxygen atoms in total. The van der Waals surface area contributed by atoms with Gasteiger partial charge in [-0.2, -0.15) is 0 Å². The number of rotatable bonds is 2. The highest BCUT2D eigenvalue weighted by Crippen LogP contribution is 2.27. The molecule has 0 saturated heterocycles. The van der Waals surface area contributed by atoms with Crippen LogP contribution in [0.2, 0.25) is 0 Å². The molecule has 1 aliphatic rings. The first-order valence-corrected chi connectivity index (χ1v) is 3.43. The van der Waals surface area contributed by atoms with E-state index < -0.39 is 0 Å². The summed E-state index contributed by atoms with van der Waals surface area (Å²) in [5.41, 5.74) is 2.28. The molecule has 0 atom stereocenters. The predicted octanol–water partition coefficient (Wildman–Crippen LogP) is 1.81. The van der Waals surface area contributed by atoms with Gasteiger partial charge >= 0.3 is 0 Å². The van der Waals surface area contributed by atoms with E-state index in [0.29, 0.717) is 0 Å². The monoisotopic (exact) mass is 136 g/mol. The molecule has 0 amide bonds. The molecular weight excluding hydrogens is 124 g/mol. The van der Waals surface area contributed by atoms with E-state index in [-0.39, 0.29) is 6.10 Å². The van der Waals surface area contributed by atoms with Crippen molar-refractivity contribution in [1.29, 1.82) is 0 Å². The van der Waals surface area contributed by atoms with Crippen LogP contribution < -0.4 is 0 Å². The molecule has 0 aromatic carbocycles. The van der Waals surface area contributed by atoms with E-state index in [1.807, 2.05) is 0 Å². The van der Waals surface area contributed by atoms with Crippen molar-refractivity contribution in [1.82, 2.24) is 0 Å². The molecule has 0 aromatic heterocycles. The number of hydrogen-bond donors (Lipinski definition) is 1. The summed E-state index contributed by atoms with van der Waals surface area (Å²) in [5, 5.41) is 9.20. The van der Waals surface area contributed by atoms with Crippen LogP contribution in [0, 0.1) is 0 Å². The van der Waals surface area contributed by atoms with Crippen molar-refractivity contribution in [3.63, 3.8) is 0 Å². The van der Waals surface area contributed by atoms with Crippen LogP contribution >= 0.6 is 0 Å². The Balaban J connectivity index is 2.80. The smallest absolute Gasteiger partial charge is 0.0621 e. The fourth-order valence-corrected chi connectivity index (χ4v) is 1.27. The summed E-state index contributed by atoms with van der Waals surface area (Å²) in [7, 11) is 0. The van der Waals surface area contributed by atoms with Gasteiger partial charge in [-0.05, 0) is 24.0 Å². The highest BCUT2D eigenvalue weighted by molar-refractivity contribution is 5.36. The summed E-state index contributed by atoms with van der Waals surface area (Å²) in [6.07, 6.45) is 4.87. The van der Waals surface area contributed by atoms with Crippen LogP contribution in [0.15, 0.2) is 36.5 Å². The molecule has 1 rings (SSSR count). The molecule has 1 N–H and O–H groups in total. The second kappa shape index (κ2) is 2.84. The first-order chi connectivity index (χ1) is 4.77. The highest BCUT2D eigenvalue weighted by atomic mass is 16.3. The zero-order valence-corrected chi connectivity index (χ0v) is 6.01. The standard InChI is InChI=1S/C9H12O/c1-3-7-5-9(10)6-8(7)4-2/h3-4,9-10H,1-2,5-6H2. The van der Waals surface area contributed by atoms with Gasteiger partial charge in [-0.25, -0.2) is 0 Å². The first-order valence-electron chi connectivity index (χ1n) is 3.43. The minimum atomic E-state index is -0.207. The van der Waals surface area contributed by atoms with Crippen LogP contribution in [0.25, 0.3) is 0 Å². The van der Waals surface area contributed by atoms with Crippen LogP contribution in [-0.2, 0) is 0 Å². The summed E-state index contributed by atoms with van der Waals surface area (Å²) in [6, 6.07) is 0. The SMILES string of the molecule is C=CC1=C(C=C)CC(O)C1. The van der Waals surface area contributed by atoms with Gasteiger partial charge in [0, 0.05) is 0 Å². The Labute approximate surface area is 61.4 Å². The van der Waals surface area contributed by atoms with E-state index in [1.165, 1.54) is 0 Å². The quantitative estimate of drug-likeness (QED) is 0.613. The molecule has 0 saturated carbocycles. The van der Waals surface area contributed by atoms with E-state index in [9.17, 15) is 5.11 Å². The molecule has 1 aliphatic carbocycles. The Morgan fingerprint density at radius 3 is 1.90 bits per heavy atom. The van der Waals surface area contributed by atoms with E-state index in [1.54, 1.807) is 12.2 Å². The van der Waals surface area contributed by atoms with Crippen LogP contribution in [0.5, 0.6) is 0 Å². The molecule has 0 unspecified atom stereocenters. The van der Waals surface area contributed by atoms with Crippen molar-refractivity contribution in [3.8, 4) is 0 Å². The summed E-state index contributed by atoms with van der Waals surface area (Å²) in [5.74, 6) is 0. The number of aliphatic hydroxyl groups excluding tert-OH is 1. The fraction of sp³-hybridized carbons (Fsp3) is 0.333. The number of hydrogen-bond acceptors (Lipinski definition) is 1. The van der Waals surface area contributed by atoms with Gasteiger partial charge in [-0.1, -0.05) is 25.3 Å². The lowest BCUT2D eigenvalue weighted by molar-refractivity contribution is 0.187. The highest BCUT2D eigenvalue weighted by Gasteiger charge is 2.17. The Hall–Kier alpha value is -0.820. The van der Waals surface area contributed by atoms with Gasteiger partial charge in [0.05, 0.1) is 6.10 Å². The molecule has 0 bridgehead atoms. The maximum absolute atomic E-state index is 9.20. The molecule has 0 spiro atoms. The van der Waals surface area contributed by atoms with Crippen LogP contribution in [0.4, 0.5) is 0 Å². The lowest BCUT2D eigenvalue weighted by Gasteiger charge is -1.95. The zero-order valence-electron chi connectivity index (χ0n) is 6.01. The second-order valence-corrected chi connectivity index (χ2v) is 2.52. The molecule has 0 aromatic rings. The molecule has 0 aliphatic heterocycles. The largest absolute Gasteiger partial charge is 0.392 e. The fourth-order valence-electron chi connectivity index (χ4n) is 1.27. The van der Waals surface area contributed by atoms with Crippen molar-refractivity contribution < 1.29 is 5.11 Å². The Morgan fingerprint density at radius 2 is 1.60 bits per heavy atom.